The fraction of sp³-hybridized carbons (Fsp3) is 0.500. The highest BCUT2D eigenvalue weighted by atomic mass is 16.5. The molecule has 0 unspecified atom stereocenters. The third-order valence-corrected chi connectivity index (χ3v) is 5.75. The molecule has 0 N–H and O–H groups in total. The maximum atomic E-state index is 12.6. The third kappa shape index (κ3) is 4.26. The number of hydrogen-bond donors (Lipinski definition) is 0. The summed E-state index contributed by atoms with van der Waals surface area (Å²) in [7, 11) is 1.81. The van der Waals surface area contributed by atoms with E-state index in [9.17, 15) is 9.59 Å². The molecular weight excluding hydrogens is 354 g/mol. The summed E-state index contributed by atoms with van der Waals surface area (Å²) in [6.45, 7) is 5.62. The fourth-order valence-electron chi connectivity index (χ4n) is 3.89. The van der Waals surface area contributed by atoms with Crippen LogP contribution >= 0.6 is 0 Å². The molecule has 1 aromatic carbocycles. The molecule has 150 valence electrons. The number of rotatable bonds is 5. The van der Waals surface area contributed by atoms with E-state index >= 15 is 0 Å². The highest BCUT2D eigenvalue weighted by Crippen LogP contribution is 2.26. The Morgan fingerprint density at radius 2 is 1.79 bits per heavy atom. The van der Waals surface area contributed by atoms with Crippen molar-refractivity contribution in [3.05, 3.63) is 47.3 Å². The first-order valence-electron chi connectivity index (χ1n) is 9.93. The fourth-order valence-corrected chi connectivity index (χ4v) is 3.89. The van der Waals surface area contributed by atoms with Crippen LogP contribution in [-0.4, -0.2) is 46.3 Å². The molecule has 2 aromatic rings. The molecule has 0 bridgehead atoms. The van der Waals surface area contributed by atoms with Gasteiger partial charge in [-0.3, -0.25) is 4.79 Å². The van der Waals surface area contributed by atoms with Crippen molar-refractivity contribution < 1.29 is 14.3 Å². The number of benzene rings is 1. The summed E-state index contributed by atoms with van der Waals surface area (Å²) >= 11 is 0. The van der Waals surface area contributed by atoms with Gasteiger partial charge in [-0.2, -0.15) is 5.10 Å². The highest BCUT2D eigenvalue weighted by molar-refractivity contribution is 5.93. The molecule has 3 rings (SSSR count). The summed E-state index contributed by atoms with van der Waals surface area (Å²) in [5.41, 5.74) is 2.60. The summed E-state index contributed by atoms with van der Waals surface area (Å²) < 4.78 is 7.08. The Balaban J connectivity index is 1.64. The van der Waals surface area contributed by atoms with Crippen LogP contribution in [0.1, 0.15) is 54.4 Å². The summed E-state index contributed by atoms with van der Waals surface area (Å²) in [5.74, 6) is 0.0690. The highest BCUT2D eigenvalue weighted by Gasteiger charge is 2.26. The van der Waals surface area contributed by atoms with Crippen LogP contribution < -0.4 is 0 Å². The van der Waals surface area contributed by atoms with Crippen LogP contribution in [0.15, 0.2) is 30.3 Å². The van der Waals surface area contributed by atoms with E-state index in [0.29, 0.717) is 17.0 Å². The number of ether oxygens (including phenoxy) is 1. The Morgan fingerprint density at radius 1 is 1.14 bits per heavy atom. The van der Waals surface area contributed by atoms with Crippen molar-refractivity contribution in [3.8, 4) is 5.69 Å². The first-order chi connectivity index (χ1) is 13.4. The van der Waals surface area contributed by atoms with Gasteiger partial charge in [0, 0.05) is 13.1 Å². The van der Waals surface area contributed by atoms with E-state index in [-0.39, 0.29) is 18.6 Å². The summed E-state index contributed by atoms with van der Waals surface area (Å²) in [6.07, 6.45) is 4.30. The first-order valence-corrected chi connectivity index (χ1v) is 9.93. The third-order valence-electron chi connectivity index (χ3n) is 5.75. The molecule has 1 amide bonds. The summed E-state index contributed by atoms with van der Waals surface area (Å²) in [5, 5.41) is 4.46. The van der Waals surface area contributed by atoms with Crippen LogP contribution in [0, 0.1) is 19.8 Å². The second-order valence-corrected chi connectivity index (χ2v) is 7.79. The number of aromatic nitrogens is 2. The monoisotopic (exact) mass is 383 g/mol. The largest absolute Gasteiger partial charge is 0.452 e. The molecule has 0 spiro atoms. The lowest BCUT2D eigenvalue weighted by atomic mass is 9.87. The van der Waals surface area contributed by atoms with Crippen LogP contribution in [0.25, 0.3) is 5.69 Å². The van der Waals surface area contributed by atoms with Crippen molar-refractivity contribution in [2.75, 3.05) is 13.7 Å². The first kappa shape index (κ1) is 20.1. The number of nitrogens with zero attached hydrogens (tertiary/aromatic N) is 3. The van der Waals surface area contributed by atoms with Gasteiger partial charge < -0.3 is 9.64 Å². The molecule has 28 heavy (non-hydrogen) atoms. The Morgan fingerprint density at radius 3 is 2.43 bits per heavy atom. The van der Waals surface area contributed by atoms with Gasteiger partial charge in [-0.05, 0) is 57.6 Å². The van der Waals surface area contributed by atoms with Crippen LogP contribution in [-0.2, 0) is 9.53 Å². The van der Waals surface area contributed by atoms with E-state index in [2.05, 4.69) is 12.0 Å². The molecule has 0 saturated heterocycles. The number of esters is 1. The van der Waals surface area contributed by atoms with Gasteiger partial charge in [0.25, 0.3) is 5.91 Å². The average molecular weight is 383 g/mol. The molecule has 6 nitrogen and oxygen atoms in total. The van der Waals surface area contributed by atoms with E-state index in [1.165, 1.54) is 0 Å². The molecule has 0 radical (unpaired) electrons. The minimum absolute atomic E-state index is 0.154. The maximum absolute atomic E-state index is 12.6. The summed E-state index contributed by atoms with van der Waals surface area (Å²) in [4.78, 5) is 26.9. The minimum Gasteiger partial charge on any atom is -0.452 e. The number of carbonyl (C=O) groups is 2. The lowest BCUT2D eigenvalue weighted by Gasteiger charge is -2.33. The second kappa shape index (κ2) is 8.59. The second-order valence-electron chi connectivity index (χ2n) is 7.79. The summed E-state index contributed by atoms with van der Waals surface area (Å²) in [6, 6.07) is 9.87. The molecule has 1 heterocycles. The molecule has 1 saturated carbocycles. The molecule has 6 heteroatoms. The molecule has 1 fully saturated rings. The Bertz CT molecular complexity index is 836. The van der Waals surface area contributed by atoms with Crippen LogP contribution in [0.2, 0.25) is 0 Å². The van der Waals surface area contributed by atoms with E-state index in [4.69, 9.17) is 4.74 Å². The number of carbonyl (C=O) groups excluding carboxylic acids is 2. The van der Waals surface area contributed by atoms with Crippen molar-refractivity contribution >= 4 is 11.9 Å². The SMILES string of the molecule is Cc1nn(-c2ccccc2)c(C)c1C(=O)OCC(=O)N(C)C1CCC(C)CC1. The van der Waals surface area contributed by atoms with Gasteiger partial charge in [0.15, 0.2) is 6.61 Å². The van der Waals surface area contributed by atoms with Gasteiger partial charge in [0.2, 0.25) is 0 Å². The van der Waals surface area contributed by atoms with Gasteiger partial charge >= 0.3 is 5.97 Å². The molecular formula is C22H29N3O3. The number of likely N-dealkylation sites (N-methyl/N-ethyl adjacent to an activating group) is 1. The van der Waals surface area contributed by atoms with Crippen LogP contribution in [0.3, 0.4) is 0 Å². The zero-order valence-electron chi connectivity index (χ0n) is 17.1. The van der Waals surface area contributed by atoms with E-state index in [1.807, 2.05) is 37.3 Å². The molecule has 0 aliphatic heterocycles. The lowest BCUT2D eigenvalue weighted by Crippen LogP contribution is -2.41. The number of aryl methyl sites for hydroxylation is 1. The van der Waals surface area contributed by atoms with E-state index in [1.54, 1.807) is 23.6 Å². The molecule has 1 aliphatic rings. The van der Waals surface area contributed by atoms with Gasteiger partial charge in [0.1, 0.15) is 5.56 Å². The van der Waals surface area contributed by atoms with Crippen molar-refractivity contribution in [2.45, 2.75) is 52.5 Å². The van der Waals surface area contributed by atoms with Crippen LogP contribution in [0.4, 0.5) is 0 Å². The standard InChI is InChI=1S/C22H29N3O3/c1-15-10-12-18(13-11-15)24(4)20(26)14-28-22(27)21-16(2)23-25(17(21)3)19-8-6-5-7-9-19/h5-9,15,18H,10-14H2,1-4H3. The van der Waals surface area contributed by atoms with Gasteiger partial charge in [0.05, 0.1) is 17.1 Å². The average Bonchev–Trinajstić information content (AvgIpc) is 3.00. The zero-order chi connectivity index (χ0) is 20.3. The zero-order valence-corrected chi connectivity index (χ0v) is 17.1. The van der Waals surface area contributed by atoms with E-state index < -0.39 is 5.97 Å². The number of para-hydroxylation sites is 1. The van der Waals surface area contributed by atoms with Gasteiger partial charge in [-0.1, -0.05) is 25.1 Å². The molecule has 0 atom stereocenters. The smallest absolute Gasteiger partial charge is 0.342 e. The normalized spacial score (nSPS) is 19.3. The van der Waals surface area contributed by atoms with Crippen molar-refractivity contribution in [2.24, 2.45) is 5.92 Å². The van der Waals surface area contributed by atoms with Crippen molar-refractivity contribution in [1.29, 1.82) is 0 Å². The quantitative estimate of drug-likeness (QED) is 0.739. The maximum Gasteiger partial charge on any atom is 0.342 e. The Hall–Kier alpha value is -2.63. The van der Waals surface area contributed by atoms with Gasteiger partial charge in [-0.15, -0.1) is 0 Å². The Kier molecular flexibility index (Phi) is 6.17. The predicted molar refractivity (Wildman–Crippen MR) is 108 cm³/mol. The number of amides is 1. The molecule has 1 aliphatic carbocycles. The minimum atomic E-state index is -0.504. The van der Waals surface area contributed by atoms with Crippen molar-refractivity contribution in [3.63, 3.8) is 0 Å². The Labute approximate surface area is 166 Å². The van der Waals surface area contributed by atoms with E-state index in [0.717, 1.165) is 37.3 Å². The lowest BCUT2D eigenvalue weighted by molar-refractivity contribution is -0.136. The predicted octanol–water partition coefficient (Wildman–Crippen LogP) is 3.68. The van der Waals surface area contributed by atoms with Crippen LogP contribution in [0.5, 0.6) is 0 Å². The van der Waals surface area contributed by atoms with Crippen molar-refractivity contribution in [1.82, 2.24) is 14.7 Å². The van der Waals surface area contributed by atoms with Gasteiger partial charge in [-0.25, -0.2) is 9.48 Å². The topological polar surface area (TPSA) is 64.4 Å². The number of hydrogen-bond acceptors (Lipinski definition) is 4. The molecule has 1 aromatic heterocycles.